The van der Waals surface area contributed by atoms with E-state index in [0.717, 1.165) is 0 Å². The molecular formula is C15H19ClN2O4. The molecule has 0 saturated heterocycles. The van der Waals surface area contributed by atoms with E-state index in [0.29, 0.717) is 12.1 Å². The van der Waals surface area contributed by atoms with Gasteiger partial charge in [-0.15, -0.1) is 0 Å². The molecule has 0 bridgehead atoms. The van der Waals surface area contributed by atoms with Crippen LogP contribution in [0.4, 0.5) is 5.69 Å². The van der Waals surface area contributed by atoms with E-state index in [2.05, 4.69) is 10.6 Å². The van der Waals surface area contributed by atoms with Gasteiger partial charge in [0.2, 0.25) is 5.91 Å². The highest BCUT2D eigenvalue weighted by Gasteiger charge is 2.18. The SMILES string of the molecule is CC(C)CC(=O)Nc1ccc(Cl)c(C(=O)NC(C)C(=O)O)c1. The number of amides is 2. The predicted octanol–water partition coefficient (Wildman–Crippen LogP) is 2.53. The van der Waals surface area contributed by atoms with Gasteiger partial charge < -0.3 is 15.7 Å². The van der Waals surface area contributed by atoms with Gasteiger partial charge in [0, 0.05) is 12.1 Å². The second kappa shape index (κ2) is 7.79. The van der Waals surface area contributed by atoms with Crippen molar-refractivity contribution in [3.63, 3.8) is 0 Å². The van der Waals surface area contributed by atoms with Crippen LogP contribution in [-0.2, 0) is 9.59 Å². The molecule has 1 unspecified atom stereocenters. The number of aliphatic carboxylic acids is 1. The van der Waals surface area contributed by atoms with Gasteiger partial charge >= 0.3 is 5.97 Å². The summed E-state index contributed by atoms with van der Waals surface area (Å²) >= 11 is 5.95. The molecule has 7 heteroatoms. The number of carboxylic acid groups (broad SMARTS) is 1. The van der Waals surface area contributed by atoms with E-state index in [4.69, 9.17) is 16.7 Å². The summed E-state index contributed by atoms with van der Waals surface area (Å²) in [6, 6.07) is 3.44. The lowest BCUT2D eigenvalue weighted by atomic mass is 10.1. The summed E-state index contributed by atoms with van der Waals surface area (Å²) in [6.45, 7) is 5.20. The Balaban J connectivity index is 2.88. The van der Waals surface area contributed by atoms with E-state index >= 15 is 0 Å². The van der Waals surface area contributed by atoms with E-state index in [1.54, 1.807) is 6.07 Å². The van der Waals surface area contributed by atoms with Crippen LogP contribution in [0.3, 0.4) is 0 Å². The summed E-state index contributed by atoms with van der Waals surface area (Å²) in [5.74, 6) is -1.71. The quantitative estimate of drug-likeness (QED) is 0.748. The lowest BCUT2D eigenvalue weighted by molar-refractivity contribution is -0.138. The number of carboxylic acids is 1. The lowest BCUT2D eigenvalue weighted by Crippen LogP contribution is -2.38. The van der Waals surface area contributed by atoms with Crippen molar-refractivity contribution in [2.45, 2.75) is 33.2 Å². The zero-order valence-corrected chi connectivity index (χ0v) is 13.4. The molecule has 0 radical (unpaired) electrons. The number of benzene rings is 1. The van der Waals surface area contributed by atoms with Gasteiger partial charge in [0.1, 0.15) is 6.04 Å². The van der Waals surface area contributed by atoms with E-state index < -0.39 is 17.9 Å². The number of halogens is 1. The molecule has 22 heavy (non-hydrogen) atoms. The van der Waals surface area contributed by atoms with Crippen LogP contribution in [0, 0.1) is 5.92 Å². The largest absolute Gasteiger partial charge is 0.480 e. The molecule has 2 amide bonds. The molecule has 0 spiro atoms. The molecule has 0 aromatic heterocycles. The molecule has 0 aliphatic rings. The first-order valence-corrected chi connectivity index (χ1v) is 7.21. The maximum atomic E-state index is 12.0. The van der Waals surface area contributed by atoms with Crippen molar-refractivity contribution in [1.82, 2.24) is 5.32 Å². The molecule has 1 atom stereocenters. The lowest BCUT2D eigenvalue weighted by Gasteiger charge is -2.12. The van der Waals surface area contributed by atoms with Gasteiger partial charge in [-0.3, -0.25) is 14.4 Å². The van der Waals surface area contributed by atoms with Gasteiger partial charge in [0.05, 0.1) is 10.6 Å². The standard InChI is InChI=1S/C15H19ClN2O4/c1-8(2)6-13(19)18-10-4-5-12(16)11(7-10)14(20)17-9(3)15(21)22/h4-5,7-9H,6H2,1-3H3,(H,17,20)(H,18,19)(H,21,22). The van der Waals surface area contributed by atoms with E-state index in [1.165, 1.54) is 19.1 Å². The third-order valence-corrected chi connectivity index (χ3v) is 3.14. The van der Waals surface area contributed by atoms with Crippen molar-refractivity contribution in [3.05, 3.63) is 28.8 Å². The van der Waals surface area contributed by atoms with Crippen molar-refractivity contribution in [3.8, 4) is 0 Å². The first-order valence-electron chi connectivity index (χ1n) is 6.83. The van der Waals surface area contributed by atoms with Crippen LogP contribution in [0.2, 0.25) is 5.02 Å². The van der Waals surface area contributed by atoms with Crippen molar-refractivity contribution >= 4 is 35.1 Å². The fourth-order valence-electron chi connectivity index (χ4n) is 1.70. The van der Waals surface area contributed by atoms with Crippen LogP contribution >= 0.6 is 11.6 Å². The summed E-state index contributed by atoms with van der Waals surface area (Å²) in [5.41, 5.74) is 0.542. The van der Waals surface area contributed by atoms with Gasteiger partial charge in [-0.2, -0.15) is 0 Å². The molecule has 3 N–H and O–H groups in total. The Morgan fingerprint density at radius 3 is 2.41 bits per heavy atom. The normalized spacial score (nSPS) is 11.9. The van der Waals surface area contributed by atoms with E-state index in [-0.39, 0.29) is 22.4 Å². The number of carbonyl (C=O) groups is 3. The van der Waals surface area contributed by atoms with Gasteiger partial charge in [-0.25, -0.2) is 0 Å². The Labute approximate surface area is 133 Å². The molecule has 0 saturated carbocycles. The highest BCUT2D eigenvalue weighted by Crippen LogP contribution is 2.21. The maximum Gasteiger partial charge on any atom is 0.325 e. The smallest absolute Gasteiger partial charge is 0.325 e. The zero-order valence-electron chi connectivity index (χ0n) is 12.6. The highest BCUT2D eigenvalue weighted by atomic mass is 35.5. The number of hydrogen-bond acceptors (Lipinski definition) is 3. The van der Waals surface area contributed by atoms with E-state index in [9.17, 15) is 14.4 Å². The fourth-order valence-corrected chi connectivity index (χ4v) is 1.90. The predicted molar refractivity (Wildman–Crippen MR) is 84.1 cm³/mol. The monoisotopic (exact) mass is 326 g/mol. The molecule has 1 rings (SSSR count). The van der Waals surface area contributed by atoms with Crippen molar-refractivity contribution in [2.75, 3.05) is 5.32 Å². The molecule has 0 aliphatic carbocycles. The summed E-state index contributed by atoms with van der Waals surface area (Å²) in [6.07, 6.45) is 0.361. The summed E-state index contributed by atoms with van der Waals surface area (Å²) in [4.78, 5) is 34.5. The number of hydrogen-bond donors (Lipinski definition) is 3. The first-order chi connectivity index (χ1) is 10.2. The Kier molecular flexibility index (Phi) is 6.37. The zero-order chi connectivity index (χ0) is 16.9. The highest BCUT2D eigenvalue weighted by molar-refractivity contribution is 6.34. The number of anilines is 1. The molecule has 120 valence electrons. The molecule has 0 heterocycles. The Hall–Kier alpha value is -2.08. The Morgan fingerprint density at radius 2 is 1.86 bits per heavy atom. The molecule has 0 fully saturated rings. The van der Waals surface area contributed by atoms with Crippen LogP contribution in [0.25, 0.3) is 0 Å². The van der Waals surface area contributed by atoms with Crippen LogP contribution in [-0.4, -0.2) is 28.9 Å². The van der Waals surface area contributed by atoms with Crippen LogP contribution < -0.4 is 10.6 Å². The summed E-state index contributed by atoms with van der Waals surface area (Å²) in [5, 5.41) is 14.0. The van der Waals surface area contributed by atoms with Crippen LogP contribution in [0.5, 0.6) is 0 Å². The van der Waals surface area contributed by atoms with Crippen LogP contribution in [0.1, 0.15) is 37.6 Å². The maximum absolute atomic E-state index is 12.0. The van der Waals surface area contributed by atoms with E-state index in [1.807, 2.05) is 13.8 Å². The minimum absolute atomic E-state index is 0.108. The van der Waals surface area contributed by atoms with Gasteiger partial charge in [0.15, 0.2) is 0 Å². The van der Waals surface area contributed by atoms with Gasteiger partial charge in [-0.1, -0.05) is 25.4 Å². The topological polar surface area (TPSA) is 95.5 Å². The van der Waals surface area contributed by atoms with Crippen molar-refractivity contribution in [2.24, 2.45) is 5.92 Å². The summed E-state index contributed by atoms with van der Waals surface area (Å²) < 4.78 is 0. The molecular weight excluding hydrogens is 308 g/mol. The Morgan fingerprint density at radius 1 is 1.23 bits per heavy atom. The molecule has 1 aromatic carbocycles. The minimum atomic E-state index is -1.15. The van der Waals surface area contributed by atoms with Gasteiger partial charge in [0.25, 0.3) is 5.91 Å². The first kappa shape index (κ1) is 18.0. The van der Waals surface area contributed by atoms with Crippen LogP contribution in [0.15, 0.2) is 18.2 Å². The fraction of sp³-hybridized carbons (Fsp3) is 0.400. The number of nitrogens with one attached hydrogen (secondary N) is 2. The second-order valence-electron chi connectivity index (χ2n) is 5.37. The van der Waals surface area contributed by atoms with Crippen molar-refractivity contribution in [1.29, 1.82) is 0 Å². The third-order valence-electron chi connectivity index (χ3n) is 2.81. The molecule has 0 aliphatic heterocycles. The molecule has 1 aromatic rings. The summed E-state index contributed by atoms with van der Waals surface area (Å²) in [7, 11) is 0. The Bertz CT molecular complexity index is 587. The molecule has 6 nitrogen and oxygen atoms in total. The average molecular weight is 327 g/mol. The second-order valence-corrected chi connectivity index (χ2v) is 5.78. The van der Waals surface area contributed by atoms with Crippen molar-refractivity contribution < 1.29 is 19.5 Å². The third kappa shape index (κ3) is 5.37. The average Bonchev–Trinajstić information content (AvgIpc) is 2.39. The number of rotatable bonds is 6. The van der Waals surface area contributed by atoms with Gasteiger partial charge in [-0.05, 0) is 31.0 Å². The number of carbonyl (C=O) groups excluding carboxylic acids is 2. The minimum Gasteiger partial charge on any atom is -0.480 e.